The summed E-state index contributed by atoms with van der Waals surface area (Å²) in [6, 6.07) is 34.2. The highest BCUT2D eigenvalue weighted by atomic mass is 16.2. The van der Waals surface area contributed by atoms with Crippen LogP contribution in [0.25, 0.3) is 6.08 Å². The smallest absolute Gasteiger partial charge is 0.259 e. The number of hydrogen-bond acceptors (Lipinski definition) is 3. The highest BCUT2D eigenvalue weighted by molar-refractivity contribution is 6.19. The molecule has 6 rings (SSSR count). The van der Waals surface area contributed by atoms with Crippen LogP contribution >= 0.6 is 0 Å². The first-order valence-electron chi connectivity index (χ1n) is 14.8. The Morgan fingerprint density at radius 3 is 2.14 bits per heavy atom. The van der Waals surface area contributed by atoms with Crippen molar-refractivity contribution in [2.45, 2.75) is 51.1 Å². The lowest BCUT2D eigenvalue weighted by Crippen LogP contribution is -2.47. The minimum Gasteiger partial charge on any atom is -0.351 e. The van der Waals surface area contributed by atoms with Gasteiger partial charge in [0.25, 0.3) is 5.91 Å². The lowest BCUT2D eigenvalue weighted by Gasteiger charge is -2.34. The van der Waals surface area contributed by atoms with Crippen molar-refractivity contribution in [3.63, 3.8) is 0 Å². The molecule has 1 N–H and O–H groups in total. The number of carbonyl (C=O) groups is 2. The van der Waals surface area contributed by atoms with E-state index in [1.165, 1.54) is 6.42 Å². The fraction of sp³-hybridized carbons (Fsp3) is 0.216. The van der Waals surface area contributed by atoms with Gasteiger partial charge in [0.15, 0.2) is 0 Å². The van der Waals surface area contributed by atoms with Gasteiger partial charge in [0.1, 0.15) is 6.04 Å². The van der Waals surface area contributed by atoms with Gasteiger partial charge in [-0.1, -0.05) is 116 Å². The summed E-state index contributed by atoms with van der Waals surface area (Å²) < 4.78 is 0. The number of rotatable bonds is 5. The van der Waals surface area contributed by atoms with Crippen molar-refractivity contribution in [3.8, 4) is 0 Å². The van der Waals surface area contributed by atoms with Gasteiger partial charge >= 0.3 is 0 Å². The SMILES string of the molecule is Cc1ccc(C(=O)N2/C(=C\c3ccccc3)C(c3ccccc3)=Nc3ccccc3C2C(=O)NC2CCCCC2)cc1. The number of nitrogens with zero attached hydrogens (tertiary/aromatic N) is 2. The molecule has 0 saturated heterocycles. The number of fused-ring (bicyclic) bond motifs is 1. The van der Waals surface area contributed by atoms with Crippen LogP contribution in [-0.2, 0) is 4.79 Å². The average Bonchev–Trinajstić information content (AvgIpc) is 3.17. The van der Waals surface area contributed by atoms with Crippen molar-refractivity contribution < 1.29 is 9.59 Å². The molecular weight excluding hydrogens is 518 g/mol. The molecule has 5 nitrogen and oxygen atoms in total. The number of nitrogens with one attached hydrogen (secondary N) is 1. The lowest BCUT2D eigenvalue weighted by atomic mass is 9.94. The van der Waals surface area contributed by atoms with Crippen molar-refractivity contribution in [1.82, 2.24) is 10.2 Å². The fourth-order valence-corrected chi connectivity index (χ4v) is 5.89. The highest BCUT2D eigenvalue weighted by Crippen LogP contribution is 2.39. The van der Waals surface area contributed by atoms with E-state index < -0.39 is 6.04 Å². The Labute approximate surface area is 247 Å². The number of benzene rings is 4. The van der Waals surface area contributed by atoms with E-state index in [0.717, 1.165) is 42.4 Å². The Morgan fingerprint density at radius 2 is 1.43 bits per heavy atom. The van der Waals surface area contributed by atoms with Gasteiger partial charge in [-0.15, -0.1) is 0 Å². The third kappa shape index (κ3) is 5.82. The predicted molar refractivity (Wildman–Crippen MR) is 169 cm³/mol. The maximum atomic E-state index is 14.7. The first-order chi connectivity index (χ1) is 20.6. The molecule has 0 radical (unpaired) electrons. The second-order valence-electron chi connectivity index (χ2n) is 11.1. The fourth-order valence-electron chi connectivity index (χ4n) is 5.89. The third-order valence-corrected chi connectivity index (χ3v) is 8.09. The summed E-state index contributed by atoms with van der Waals surface area (Å²) in [4.78, 5) is 36.0. The topological polar surface area (TPSA) is 61.8 Å². The third-order valence-electron chi connectivity index (χ3n) is 8.09. The quantitative estimate of drug-likeness (QED) is 0.274. The molecule has 1 aliphatic heterocycles. The van der Waals surface area contributed by atoms with E-state index in [0.29, 0.717) is 28.2 Å². The molecule has 1 heterocycles. The van der Waals surface area contributed by atoms with Crippen LogP contribution in [0.1, 0.15) is 70.8 Å². The largest absolute Gasteiger partial charge is 0.351 e. The van der Waals surface area contributed by atoms with Crippen molar-refractivity contribution in [2.24, 2.45) is 4.99 Å². The molecule has 2 aliphatic rings. The van der Waals surface area contributed by atoms with Crippen LogP contribution in [0.3, 0.4) is 0 Å². The summed E-state index contributed by atoms with van der Waals surface area (Å²) >= 11 is 0. The minimum atomic E-state index is -0.906. The summed E-state index contributed by atoms with van der Waals surface area (Å²) in [5.74, 6) is -0.431. The molecule has 1 saturated carbocycles. The van der Waals surface area contributed by atoms with E-state index in [1.54, 1.807) is 4.90 Å². The number of allylic oxidation sites excluding steroid dienone is 1. The van der Waals surface area contributed by atoms with Gasteiger partial charge in [0.2, 0.25) is 5.91 Å². The van der Waals surface area contributed by atoms with Crippen molar-refractivity contribution in [1.29, 1.82) is 0 Å². The summed E-state index contributed by atoms with van der Waals surface area (Å²) in [7, 11) is 0. The molecular formula is C37H35N3O2. The maximum Gasteiger partial charge on any atom is 0.259 e. The molecule has 1 unspecified atom stereocenters. The zero-order valence-corrected chi connectivity index (χ0v) is 23.9. The van der Waals surface area contributed by atoms with E-state index in [4.69, 9.17) is 4.99 Å². The molecule has 1 atom stereocenters. The number of aryl methyl sites for hydroxylation is 1. The van der Waals surface area contributed by atoms with Gasteiger partial charge in [0.05, 0.1) is 17.1 Å². The molecule has 0 bridgehead atoms. The normalized spacial score (nSPS) is 18.1. The molecule has 2 amide bonds. The van der Waals surface area contributed by atoms with Crippen LogP contribution < -0.4 is 5.32 Å². The van der Waals surface area contributed by atoms with Crippen LogP contribution in [0.5, 0.6) is 0 Å². The standard InChI is InChI=1S/C37H35N3O2/c1-26-21-23-29(24-22-26)37(42)40-33(25-27-13-5-2-6-14-27)34(28-15-7-3-8-16-28)39-32-20-12-11-19-31(32)35(40)36(41)38-30-17-9-4-10-18-30/h2-3,5-8,11-16,19-25,30,35H,4,9-10,17-18H2,1H3,(H,38,41)/b33-25-. The Kier molecular flexibility index (Phi) is 8.09. The van der Waals surface area contributed by atoms with Crippen molar-refractivity contribution >= 4 is 29.3 Å². The second-order valence-corrected chi connectivity index (χ2v) is 11.1. The first-order valence-corrected chi connectivity index (χ1v) is 14.8. The number of hydrogen-bond donors (Lipinski definition) is 1. The zero-order valence-electron chi connectivity index (χ0n) is 23.9. The van der Waals surface area contributed by atoms with E-state index in [-0.39, 0.29) is 17.9 Å². The van der Waals surface area contributed by atoms with Crippen LogP contribution in [0, 0.1) is 6.92 Å². The number of amides is 2. The van der Waals surface area contributed by atoms with Gasteiger partial charge in [-0.3, -0.25) is 14.5 Å². The molecule has 4 aromatic rings. The molecule has 0 spiro atoms. The molecule has 42 heavy (non-hydrogen) atoms. The molecule has 1 aliphatic carbocycles. The van der Waals surface area contributed by atoms with E-state index >= 15 is 0 Å². The summed E-state index contributed by atoms with van der Waals surface area (Å²) in [6.07, 6.45) is 7.26. The van der Waals surface area contributed by atoms with Crippen LogP contribution in [0.4, 0.5) is 5.69 Å². The summed E-state index contributed by atoms with van der Waals surface area (Å²) in [6.45, 7) is 2.00. The Hall–Kier alpha value is -4.77. The van der Waals surface area contributed by atoms with Gasteiger partial charge in [-0.25, -0.2) is 4.99 Å². The molecule has 4 aromatic carbocycles. The van der Waals surface area contributed by atoms with E-state index in [2.05, 4.69) is 5.32 Å². The highest BCUT2D eigenvalue weighted by Gasteiger charge is 2.40. The van der Waals surface area contributed by atoms with E-state index in [9.17, 15) is 9.59 Å². The monoisotopic (exact) mass is 553 g/mol. The van der Waals surface area contributed by atoms with Crippen LogP contribution in [0.15, 0.2) is 120 Å². The van der Waals surface area contributed by atoms with Crippen molar-refractivity contribution in [2.75, 3.05) is 0 Å². The number of aliphatic imine (C=N–C) groups is 1. The van der Waals surface area contributed by atoms with Gasteiger partial charge < -0.3 is 5.32 Å². The lowest BCUT2D eigenvalue weighted by molar-refractivity contribution is -0.126. The molecule has 210 valence electrons. The number of para-hydroxylation sites is 1. The van der Waals surface area contributed by atoms with Gasteiger partial charge in [-0.05, 0) is 49.6 Å². The van der Waals surface area contributed by atoms with Crippen LogP contribution in [0.2, 0.25) is 0 Å². The molecule has 1 fully saturated rings. The van der Waals surface area contributed by atoms with Crippen molar-refractivity contribution in [3.05, 3.63) is 143 Å². The number of carbonyl (C=O) groups excluding carboxylic acids is 2. The van der Waals surface area contributed by atoms with Gasteiger partial charge in [-0.2, -0.15) is 0 Å². The maximum absolute atomic E-state index is 14.7. The molecule has 5 heteroatoms. The van der Waals surface area contributed by atoms with E-state index in [1.807, 2.05) is 122 Å². The molecule has 0 aromatic heterocycles. The predicted octanol–water partition coefficient (Wildman–Crippen LogP) is 7.80. The zero-order chi connectivity index (χ0) is 28.9. The summed E-state index contributed by atoms with van der Waals surface area (Å²) in [5.41, 5.74) is 5.96. The Balaban J connectivity index is 1.59. The van der Waals surface area contributed by atoms with Gasteiger partial charge in [0, 0.05) is 22.7 Å². The first kappa shape index (κ1) is 27.4. The Morgan fingerprint density at radius 1 is 0.786 bits per heavy atom. The van der Waals surface area contributed by atoms with Crippen LogP contribution in [-0.4, -0.2) is 28.5 Å². The second kappa shape index (κ2) is 12.4. The average molecular weight is 554 g/mol. The Bertz CT molecular complexity index is 1620. The summed E-state index contributed by atoms with van der Waals surface area (Å²) in [5, 5.41) is 3.33. The minimum absolute atomic E-state index is 0.0917.